The molecule has 2 aromatic heterocycles. The van der Waals surface area contributed by atoms with Gasteiger partial charge in [0.25, 0.3) is 5.56 Å². The largest absolute Gasteiger partial charge is 0.497 e. The maximum absolute atomic E-state index is 13.2. The number of pyridine rings is 1. The SMILES string of the molecule is COc1ccc(NC(=S)NNC(=O)CSc2nc3ccccc3c(=O)n2CCc2ccccn2)cc1. The maximum atomic E-state index is 13.2. The molecule has 3 N–H and O–H groups in total. The lowest BCUT2D eigenvalue weighted by Crippen LogP contribution is -2.44. The number of nitrogens with one attached hydrogen (secondary N) is 3. The maximum Gasteiger partial charge on any atom is 0.262 e. The number of hydrogen-bond donors (Lipinski definition) is 3. The fraction of sp³-hybridized carbons (Fsp3) is 0.160. The van der Waals surface area contributed by atoms with Crippen molar-refractivity contribution in [3.63, 3.8) is 0 Å². The molecule has 1 amide bonds. The van der Waals surface area contributed by atoms with Crippen LogP contribution in [0.5, 0.6) is 5.75 Å². The van der Waals surface area contributed by atoms with Crippen LogP contribution in [0.1, 0.15) is 5.69 Å². The van der Waals surface area contributed by atoms with Gasteiger partial charge in [-0.3, -0.25) is 30.0 Å². The molecule has 9 nitrogen and oxygen atoms in total. The molecule has 0 aliphatic heterocycles. The van der Waals surface area contributed by atoms with E-state index in [-0.39, 0.29) is 22.3 Å². The molecule has 0 aliphatic rings. The van der Waals surface area contributed by atoms with Crippen LogP contribution in [-0.4, -0.2) is 38.4 Å². The van der Waals surface area contributed by atoms with Crippen LogP contribution in [0.4, 0.5) is 5.69 Å². The molecule has 2 heterocycles. The molecule has 36 heavy (non-hydrogen) atoms. The first-order chi connectivity index (χ1) is 17.5. The first kappa shape index (κ1) is 25.1. The summed E-state index contributed by atoms with van der Waals surface area (Å²) in [6.07, 6.45) is 2.28. The summed E-state index contributed by atoms with van der Waals surface area (Å²) in [6.45, 7) is 0.395. The van der Waals surface area contributed by atoms with Crippen LogP contribution in [0, 0.1) is 0 Å². The van der Waals surface area contributed by atoms with Gasteiger partial charge in [-0.05, 0) is 60.7 Å². The Bertz CT molecular complexity index is 1410. The van der Waals surface area contributed by atoms with E-state index in [4.69, 9.17) is 17.0 Å². The van der Waals surface area contributed by atoms with Crippen molar-refractivity contribution in [3.8, 4) is 5.75 Å². The van der Waals surface area contributed by atoms with Crippen LogP contribution in [-0.2, 0) is 17.8 Å². The average molecular weight is 521 g/mol. The van der Waals surface area contributed by atoms with E-state index in [9.17, 15) is 9.59 Å². The number of benzene rings is 2. The summed E-state index contributed by atoms with van der Waals surface area (Å²) in [4.78, 5) is 34.6. The summed E-state index contributed by atoms with van der Waals surface area (Å²) < 4.78 is 6.72. The van der Waals surface area contributed by atoms with Crippen molar-refractivity contribution in [1.82, 2.24) is 25.4 Å². The number of carbonyl (C=O) groups is 1. The highest BCUT2D eigenvalue weighted by Gasteiger charge is 2.14. The van der Waals surface area contributed by atoms with Crippen molar-refractivity contribution < 1.29 is 9.53 Å². The Morgan fingerprint density at radius 3 is 2.58 bits per heavy atom. The lowest BCUT2D eigenvalue weighted by Gasteiger charge is -2.14. The number of amides is 1. The Morgan fingerprint density at radius 2 is 1.83 bits per heavy atom. The molecule has 4 aromatic rings. The highest BCUT2D eigenvalue weighted by molar-refractivity contribution is 7.99. The zero-order chi connectivity index (χ0) is 25.3. The third-order valence-electron chi connectivity index (χ3n) is 5.14. The second-order valence-electron chi connectivity index (χ2n) is 7.58. The third kappa shape index (κ3) is 6.58. The number of aryl methyl sites for hydroxylation is 1. The van der Waals surface area contributed by atoms with Gasteiger partial charge >= 0.3 is 0 Å². The summed E-state index contributed by atoms with van der Waals surface area (Å²) in [5, 5.41) is 4.20. The van der Waals surface area contributed by atoms with Crippen molar-refractivity contribution in [2.75, 3.05) is 18.2 Å². The van der Waals surface area contributed by atoms with E-state index < -0.39 is 0 Å². The van der Waals surface area contributed by atoms with Crippen molar-refractivity contribution in [1.29, 1.82) is 0 Å². The second-order valence-corrected chi connectivity index (χ2v) is 8.93. The summed E-state index contributed by atoms with van der Waals surface area (Å²) in [5.74, 6) is 0.440. The molecule has 0 atom stereocenters. The van der Waals surface area contributed by atoms with Gasteiger partial charge in [-0.2, -0.15) is 0 Å². The number of aromatic nitrogens is 3. The van der Waals surface area contributed by atoms with Crippen molar-refractivity contribution in [2.24, 2.45) is 0 Å². The Kier molecular flexibility index (Phi) is 8.48. The van der Waals surface area contributed by atoms with E-state index in [1.54, 1.807) is 54.3 Å². The smallest absolute Gasteiger partial charge is 0.262 e. The second kappa shape index (κ2) is 12.1. The standard InChI is InChI=1S/C25H24N6O3S2/c1-34-19-11-9-18(10-12-19)27-24(35)30-29-22(32)16-36-25-28-21-8-3-2-7-20(21)23(33)31(25)15-13-17-6-4-5-14-26-17/h2-12,14H,13,15-16H2,1H3,(H,29,32)(H2,27,30,35). The summed E-state index contributed by atoms with van der Waals surface area (Å²) in [7, 11) is 1.59. The van der Waals surface area contributed by atoms with Gasteiger partial charge in [0.05, 0.1) is 23.8 Å². The average Bonchev–Trinajstić information content (AvgIpc) is 2.91. The molecule has 2 aromatic carbocycles. The van der Waals surface area contributed by atoms with Gasteiger partial charge < -0.3 is 10.1 Å². The van der Waals surface area contributed by atoms with Crippen LogP contribution in [0.15, 0.2) is 82.9 Å². The molecular formula is C25H24N6O3S2. The number of nitrogens with zero attached hydrogens (tertiary/aromatic N) is 3. The van der Waals surface area contributed by atoms with Gasteiger partial charge in [-0.1, -0.05) is 30.0 Å². The predicted octanol–water partition coefficient (Wildman–Crippen LogP) is 3.15. The molecule has 0 bridgehead atoms. The molecule has 0 radical (unpaired) electrons. The molecule has 4 rings (SSSR count). The van der Waals surface area contributed by atoms with E-state index in [1.807, 2.05) is 30.3 Å². The minimum Gasteiger partial charge on any atom is -0.497 e. The number of hydrogen-bond acceptors (Lipinski definition) is 7. The van der Waals surface area contributed by atoms with Crippen LogP contribution in [0.2, 0.25) is 0 Å². The molecule has 0 saturated heterocycles. The monoisotopic (exact) mass is 520 g/mol. The lowest BCUT2D eigenvalue weighted by atomic mass is 10.2. The zero-order valence-electron chi connectivity index (χ0n) is 19.4. The lowest BCUT2D eigenvalue weighted by molar-refractivity contribution is -0.119. The molecule has 0 spiro atoms. The number of rotatable bonds is 8. The fourth-order valence-corrected chi connectivity index (χ4v) is 4.35. The van der Waals surface area contributed by atoms with E-state index >= 15 is 0 Å². The van der Waals surface area contributed by atoms with Gasteiger partial charge in [-0.15, -0.1) is 0 Å². The van der Waals surface area contributed by atoms with Crippen LogP contribution >= 0.6 is 24.0 Å². The Balaban J connectivity index is 1.39. The molecular weight excluding hydrogens is 496 g/mol. The van der Waals surface area contributed by atoms with Crippen LogP contribution in [0.3, 0.4) is 0 Å². The summed E-state index contributed by atoms with van der Waals surface area (Å²) in [5.41, 5.74) is 7.29. The van der Waals surface area contributed by atoms with Gasteiger partial charge in [-0.25, -0.2) is 4.98 Å². The number of fused-ring (bicyclic) bond motifs is 1. The topological polar surface area (TPSA) is 110 Å². The number of carbonyl (C=O) groups excluding carboxylic acids is 1. The molecule has 0 saturated carbocycles. The predicted molar refractivity (Wildman–Crippen MR) is 145 cm³/mol. The number of thiocarbonyl (C=S) groups is 1. The first-order valence-electron chi connectivity index (χ1n) is 11.1. The quantitative estimate of drug-likeness (QED) is 0.140. The summed E-state index contributed by atoms with van der Waals surface area (Å²) >= 11 is 6.41. The number of hydrazine groups is 1. The molecule has 11 heteroatoms. The third-order valence-corrected chi connectivity index (χ3v) is 6.32. The minimum absolute atomic E-state index is 0.0342. The fourth-order valence-electron chi connectivity index (χ4n) is 3.36. The molecule has 0 fully saturated rings. The van der Waals surface area contributed by atoms with Crippen molar-refractivity contribution in [3.05, 3.63) is 89.0 Å². The first-order valence-corrected chi connectivity index (χ1v) is 12.4. The van der Waals surface area contributed by atoms with Crippen LogP contribution in [0.25, 0.3) is 10.9 Å². The number of methoxy groups -OCH3 is 1. The Morgan fingerprint density at radius 1 is 1.06 bits per heavy atom. The number of para-hydroxylation sites is 1. The normalized spacial score (nSPS) is 10.6. The van der Waals surface area contributed by atoms with E-state index in [1.165, 1.54) is 11.8 Å². The highest BCUT2D eigenvalue weighted by atomic mass is 32.2. The van der Waals surface area contributed by atoms with E-state index in [2.05, 4.69) is 26.1 Å². The van der Waals surface area contributed by atoms with Gasteiger partial charge in [0, 0.05) is 30.5 Å². The number of thioether (sulfide) groups is 1. The van der Waals surface area contributed by atoms with Crippen LogP contribution < -0.4 is 26.5 Å². The highest BCUT2D eigenvalue weighted by Crippen LogP contribution is 2.18. The zero-order valence-corrected chi connectivity index (χ0v) is 21.1. The molecule has 0 unspecified atom stereocenters. The van der Waals surface area contributed by atoms with E-state index in [0.717, 1.165) is 17.1 Å². The minimum atomic E-state index is -0.322. The van der Waals surface area contributed by atoms with Crippen molar-refractivity contribution in [2.45, 2.75) is 18.1 Å². The van der Waals surface area contributed by atoms with Gasteiger partial charge in [0.2, 0.25) is 5.91 Å². The Hall–Kier alpha value is -3.96. The Labute approximate surface area is 217 Å². The number of anilines is 1. The van der Waals surface area contributed by atoms with E-state index in [0.29, 0.717) is 29.0 Å². The summed E-state index contributed by atoms with van der Waals surface area (Å²) in [6, 6.07) is 20.0. The molecule has 184 valence electrons. The molecule has 0 aliphatic carbocycles. The van der Waals surface area contributed by atoms with Crippen molar-refractivity contribution >= 4 is 51.6 Å². The number of ether oxygens (including phenoxy) is 1. The van der Waals surface area contributed by atoms with Gasteiger partial charge in [0.15, 0.2) is 10.3 Å². The van der Waals surface area contributed by atoms with Gasteiger partial charge in [0.1, 0.15) is 5.75 Å².